The standard InChI is InChI=1S/C22H30ClNO3/c1-15-6-5-7-19(16(15)2)24-20(25)14-27-21(26)22(12-3-4-13-22)17-8-10-18(23)11-9-17/h8-11,15-16,19H,3-7,12-14H2,1-2H3,(H,24,25)/t15-,16-,19+/m1/s1. The maximum atomic E-state index is 12.9. The van der Waals surface area contributed by atoms with Crippen LogP contribution < -0.4 is 5.32 Å². The Hall–Kier alpha value is -1.55. The molecule has 27 heavy (non-hydrogen) atoms. The highest BCUT2D eigenvalue weighted by Gasteiger charge is 2.44. The predicted octanol–water partition coefficient (Wildman–Crippen LogP) is 4.64. The second-order valence-corrected chi connectivity index (χ2v) is 8.75. The van der Waals surface area contributed by atoms with Crippen LogP contribution in [0.5, 0.6) is 0 Å². The van der Waals surface area contributed by atoms with Gasteiger partial charge in [-0.25, -0.2) is 0 Å². The van der Waals surface area contributed by atoms with E-state index < -0.39 is 5.41 Å². The summed E-state index contributed by atoms with van der Waals surface area (Å²) in [5, 5.41) is 3.72. The van der Waals surface area contributed by atoms with E-state index in [4.69, 9.17) is 16.3 Å². The third-order valence-electron chi connectivity index (χ3n) is 6.63. The predicted molar refractivity (Wildman–Crippen MR) is 107 cm³/mol. The fourth-order valence-corrected chi connectivity index (χ4v) is 4.79. The molecule has 3 rings (SSSR count). The van der Waals surface area contributed by atoms with Crippen LogP contribution in [-0.2, 0) is 19.7 Å². The molecule has 4 nitrogen and oxygen atoms in total. The molecular weight excluding hydrogens is 362 g/mol. The second kappa shape index (κ2) is 8.64. The number of hydrogen-bond donors (Lipinski definition) is 1. The first-order chi connectivity index (χ1) is 12.9. The molecule has 2 aliphatic rings. The Morgan fingerprint density at radius 2 is 1.78 bits per heavy atom. The third-order valence-corrected chi connectivity index (χ3v) is 6.88. The zero-order chi connectivity index (χ0) is 19.4. The van der Waals surface area contributed by atoms with Gasteiger partial charge in [0.2, 0.25) is 0 Å². The van der Waals surface area contributed by atoms with Gasteiger partial charge in [-0.15, -0.1) is 0 Å². The average molecular weight is 392 g/mol. The van der Waals surface area contributed by atoms with Crippen molar-refractivity contribution in [2.45, 2.75) is 70.3 Å². The molecule has 1 N–H and O–H groups in total. The normalized spacial score (nSPS) is 27.1. The first-order valence-electron chi connectivity index (χ1n) is 10.1. The van der Waals surface area contributed by atoms with Crippen LogP contribution in [-0.4, -0.2) is 24.5 Å². The van der Waals surface area contributed by atoms with Gasteiger partial charge in [0.05, 0.1) is 5.41 Å². The van der Waals surface area contributed by atoms with E-state index in [1.165, 1.54) is 6.42 Å². The minimum absolute atomic E-state index is 0.177. The molecule has 0 bridgehead atoms. The summed E-state index contributed by atoms with van der Waals surface area (Å²) in [5.41, 5.74) is 0.293. The summed E-state index contributed by atoms with van der Waals surface area (Å²) >= 11 is 5.99. The van der Waals surface area contributed by atoms with E-state index in [1.54, 1.807) is 0 Å². The number of esters is 1. The molecule has 0 aromatic heterocycles. The Kier molecular flexibility index (Phi) is 6.46. The van der Waals surface area contributed by atoms with Crippen LogP contribution in [0.1, 0.15) is 64.4 Å². The van der Waals surface area contributed by atoms with Gasteiger partial charge in [0.1, 0.15) is 0 Å². The number of hydrogen-bond acceptors (Lipinski definition) is 3. The largest absolute Gasteiger partial charge is 0.455 e. The molecule has 2 aliphatic carbocycles. The number of benzene rings is 1. The number of halogens is 1. The average Bonchev–Trinajstić information content (AvgIpc) is 3.15. The molecule has 1 aromatic rings. The molecule has 0 aliphatic heterocycles. The minimum atomic E-state index is -0.641. The van der Waals surface area contributed by atoms with E-state index in [2.05, 4.69) is 19.2 Å². The fraction of sp³-hybridized carbons (Fsp3) is 0.636. The van der Waals surface area contributed by atoms with Crippen molar-refractivity contribution in [1.29, 1.82) is 0 Å². The Morgan fingerprint density at radius 3 is 2.44 bits per heavy atom. The van der Waals surface area contributed by atoms with Crippen molar-refractivity contribution >= 4 is 23.5 Å². The van der Waals surface area contributed by atoms with Crippen molar-refractivity contribution in [2.75, 3.05) is 6.61 Å². The van der Waals surface area contributed by atoms with Gasteiger partial charge in [0, 0.05) is 11.1 Å². The van der Waals surface area contributed by atoms with Crippen molar-refractivity contribution in [1.82, 2.24) is 5.32 Å². The SMILES string of the molecule is C[C@@H]1[C@H](C)CCC[C@@H]1NC(=O)COC(=O)C1(c2ccc(Cl)cc2)CCCC1. The lowest BCUT2D eigenvalue weighted by atomic mass is 9.78. The van der Waals surface area contributed by atoms with Crippen molar-refractivity contribution < 1.29 is 14.3 Å². The molecule has 1 amide bonds. The Balaban J connectivity index is 1.60. The van der Waals surface area contributed by atoms with E-state index in [1.807, 2.05) is 24.3 Å². The second-order valence-electron chi connectivity index (χ2n) is 8.31. The third kappa shape index (κ3) is 4.48. The summed E-state index contributed by atoms with van der Waals surface area (Å²) in [6.45, 7) is 4.22. The fourth-order valence-electron chi connectivity index (χ4n) is 4.66. The van der Waals surface area contributed by atoms with Crippen molar-refractivity contribution in [3.05, 3.63) is 34.9 Å². The molecule has 5 heteroatoms. The summed E-state index contributed by atoms with van der Waals surface area (Å²) in [4.78, 5) is 25.3. The molecule has 0 saturated heterocycles. The van der Waals surface area contributed by atoms with Gasteiger partial charge in [-0.1, -0.05) is 63.3 Å². The smallest absolute Gasteiger partial charge is 0.317 e. The molecule has 0 spiro atoms. The first-order valence-corrected chi connectivity index (χ1v) is 10.5. The lowest BCUT2D eigenvalue weighted by Crippen LogP contribution is -2.46. The number of carbonyl (C=O) groups excluding carboxylic acids is 2. The Labute approximate surface area is 167 Å². The van der Waals surface area contributed by atoms with E-state index in [9.17, 15) is 9.59 Å². The molecule has 148 valence electrons. The lowest BCUT2D eigenvalue weighted by molar-refractivity contribution is -0.154. The summed E-state index contributed by atoms with van der Waals surface area (Å²) in [6, 6.07) is 7.60. The van der Waals surface area contributed by atoms with Crippen molar-refractivity contribution in [2.24, 2.45) is 11.8 Å². The van der Waals surface area contributed by atoms with Crippen molar-refractivity contribution in [3.8, 4) is 0 Å². The van der Waals surface area contributed by atoms with E-state index >= 15 is 0 Å². The molecule has 3 atom stereocenters. The quantitative estimate of drug-likeness (QED) is 0.744. The first kappa shape index (κ1) is 20.2. The number of nitrogens with one attached hydrogen (secondary N) is 1. The van der Waals surface area contributed by atoms with Gasteiger partial charge in [-0.3, -0.25) is 9.59 Å². The van der Waals surface area contributed by atoms with E-state index in [-0.39, 0.29) is 24.5 Å². The van der Waals surface area contributed by atoms with Crippen LogP contribution in [0.15, 0.2) is 24.3 Å². The van der Waals surface area contributed by atoms with Gasteiger partial charge in [0.25, 0.3) is 5.91 Å². The Bertz CT molecular complexity index is 667. The van der Waals surface area contributed by atoms with Gasteiger partial charge >= 0.3 is 5.97 Å². The van der Waals surface area contributed by atoms with Crippen LogP contribution in [0.3, 0.4) is 0 Å². The topological polar surface area (TPSA) is 55.4 Å². The van der Waals surface area contributed by atoms with Gasteiger partial charge < -0.3 is 10.1 Å². The number of amides is 1. The molecule has 2 fully saturated rings. The van der Waals surface area contributed by atoms with Gasteiger partial charge in [0.15, 0.2) is 6.61 Å². The highest BCUT2D eigenvalue weighted by Crippen LogP contribution is 2.42. The summed E-state index contributed by atoms with van der Waals surface area (Å²) < 4.78 is 5.50. The zero-order valence-electron chi connectivity index (χ0n) is 16.3. The van der Waals surface area contributed by atoms with Crippen LogP contribution in [0, 0.1) is 11.8 Å². The maximum absolute atomic E-state index is 12.9. The van der Waals surface area contributed by atoms with E-state index in [0.29, 0.717) is 16.9 Å². The highest BCUT2D eigenvalue weighted by atomic mass is 35.5. The number of ether oxygens (including phenoxy) is 1. The molecule has 1 aromatic carbocycles. The summed E-state index contributed by atoms with van der Waals surface area (Å²) in [5.74, 6) is 0.577. The molecule has 0 heterocycles. The monoisotopic (exact) mass is 391 g/mol. The summed E-state index contributed by atoms with van der Waals surface area (Å²) in [6.07, 6.45) is 6.84. The molecule has 0 unspecified atom stereocenters. The minimum Gasteiger partial charge on any atom is -0.455 e. The van der Waals surface area contributed by atoms with Crippen LogP contribution >= 0.6 is 11.6 Å². The van der Waals surface area contributed by atoms with Crippen LogP contribution in [0.25, 0.3) is 0 Å². The van der Waals surface area contributed by atoms with Crippen LogP contribution in [0.4, 0.5) is 0 Å². The summed E-state index contributed by atoms with van der Waals surface area (Å²) in [7, 11) is 0. The molecule has 0 radical (unpaired) electrons. The van der Waals surface area contributed by atoms with Crippen molar-refractivity contribution in [3.63, 3.8) is 0 Å². The highest BCUT2D eigenvalue weighted by molar-refractivity contribution is 6.30. The van der Waals surface area contributed by atoms with Gasteiger partial charge in [-0.2, -0.15) is 0 Å². The zero-order valence-corrected chi connectivity index (χ0v) is 17.1. The van der Waals surface area contributed by atoms with Gasteiger partial charge in [-0.05, 0) is 48.8 Å². The number of carbonyl (C=O) groups is 2. The number of rotatable bonds is 5. The van der Waals surface area contributed by atoms with Crippen LogP contribution in [0.2, 0.25) is 5.02 Å². The Morgan fingerprint density at radius 1 is 1.11 bits per heavy atom. The maximum Gasteiger partial charge on any atom is 0.317 e. The molecule has 2 saturated carbocycles. The lowest BCUT2D eigenvalue weighted by Gasteiger charge is -2.34. The van der Waals surface area contributed by atoms with E-state index in [0.717, 1.165) is 44.1 Å². The molecular formula is C22H30ClNO3.